The van der Waals surface area contributed by atoms with Gasteiger partial charge in [-0.25, -0.2) is 0 Å². The van der Waals surface area contributed by atoms with Gasteiger partial charge in [-0.2, -0.15) is 0 Å². The molecule has 0 aliphatic rings. The maximum Gasteiger partial charge on any atom is 0.252 e. The van der Waals surface area contributed by atoms with Gasteiger partial charge in [0, 0.05) is 22.1 Å². The van der Waals surface area contributed by atoms with E-state index in [2.05, 4.69) is 41.9 Å². The fourth-order valence-corrected chi connectivity index (χ4v) is 4.39. The van der Waals surface area contributed by atoms with E-state index in [9.17, 15) is 4.79 Å². The first-order chi connectivity index (χ1) is 12.2. The third-order valence-electron chi connectivity index (χ3n) is 4.02. The summed E-state index contributed by atoms with van der Waals surface area (Å²) in [6.45, 7) is 2.76. The number of rotatable bonds is 7. The summed E-state index contributed by atoms with van der Waals surface area (Å²) in [6, 6.07) is 22.3. The molecule has 2 aromatic carbocycles. The molecule has 2 nitrogen and oxygen atoms in total. The van der Waals surface area contributed by atoms with Gasteiger partial charge >= 0.3 is 0 Å². The van der Waals surface area contributed by atoms with Crippen LogP contribution in [0.2, 0.25) is 0 Å². The second kappa shape index (κ2) is 8.88. The summed E-state index contributed by atoms with van der Waals surface area (Å²) in [6.07, 6.45) is 0. The fraction of sp³-hybridized carbons (Fsp3) is 0.190. The van der Waals surface area contributed by atoms with Gasteiger partial charge in [0.2, 0.25) is 0 Å². The van der Waals surface area contributed by atoms with Gasteiger partial charge < -0.3 is 5.32 Å². The first-order valence-electron chi connectivity index (χ1n) is 8.31. The molecule has 0 saturated carbocycles. The second-order valence-corrected chi connectivity index (χ2v) is 7.94. The van der Waals surface area contributed by atoms with Crippen LogP contribution in [0.1, 0.15) is 33.6 Å². The van der Waals surface area contributed by atoms with Crippen molar-refractivity contribution >= 4 is 29.0 Å². The Morgan fingerprint density at radius 1 is 1.04 bits per heavy atom. The molecule has 128 valence electrons. The fourth-order valence-electron chi connectivity index (χ4n) is 2.56. The van der Waals surface area contributed by atoms with Crippen LogP contribution in [-0.4, -0.2) is 12.5 Å². The maximum atomic E-state index is 12.6. The van der Waals surface area contributed by atoms with E-state index >= 15 is 0 Å². The van der Waals surface area contributed by atoms with Crippen molar-refractivity contribution in [3.05, 3.63) is 88.1 Å². The third-order valence-corrected chi connectivity index (χ3v) is 6.20. The molecular weight excluding hydrogens is 346 g/mol. The first kappa shape index (κ1) is 17.8. The molecule has 0 radical (unpaired) electrons. The summed E-state index contributed by atoms with van der Waals surface area (Å²) in [5.41, 5.74) is 1.99. The quantitative estimate of drug-likeness (QED) is 0.553. The average molecular weight is 368 g/mol. The van der Waals surface area contributed by atoms with Crippen LogP contribution in [0.15, 0.2) is 77.0 Å². The van der Waals surface area contributed by atoms with Gasteiger partial charge in [0.1, 0.15) is 0 Å². The van der Waals surface area contributed by atoms with Crippen molar-refractivity contribution in [1.82, 2.24) is 5.32 Å². The molecule has 1 aromatic heterocycles. The summed E-state index contributed by atoms with van der Waals surface area (Å²) >= 11 is 3.46. The molecule has 25 heavy (non-hydrogen) atoms. The Balaban J connectivity index is 1.61. The number of benzene rings is 2. The number of carbonyl (C=O) groups is 1. The number of hydrogen-bond acceptors (Lipinski definition) is 3. The van der Waals surface area contributed by atoms with Crippen molar-refractivity contribution < 1.29 is 4.79 Å². The second-order valence-electron chi connectivity index (χ2n) is 5.89. The highest BCUT2D eigenvalue weighted by Crippen LogP contribution is 2.28. The molecule has 0 saturated heterocycles. The van der Waals surface area contributed by atoms with Crippen molar-refractivity contribution in [3.8, 4) is 0 Å². The van der Waals surface area contributed by atoms with Gasteiger partial charge in [0.15, 0.2) is 0 Å². The standard InChI is InChI=1S/C21H21NOS2/c1-16(17-8-3-2-4-9-17)14-22-21(23)19-11-5-6-12-20(19)25-15-18-10-7-13-24-18/h2-13,16H,14-15H2,1H3,(H,22,23). The van der Waals surface area contributed by atoms with Crippen LogP contribution in [0.25, 0.3) is 0 Å². The van der Waals surface area contributed by atoms with Crippen LogP contribution in [0, 0.1) is 0 Å². The lowest BCUT2D eigenvalue weighted by Gasteiger charge is -2.14. The Morgan fingerprint density at radius 3 is 2.56 bits per heavy atom. The summed E-state index contributed by atoms with van der Waals surface area (Å²) in [4.78, 5) is 15.0. The van der Waals surface area contributed by atoms with Gasteiger partial charge in [-0.3, -0.25) is 4.79 Å². The predicted molar refractivity (Wildman–Crippen MR) is 108 cm³/mol. The van der Waals surface area contributed by atoms with Crippen LogP contribution >= 0.6 is 23.1 Å². The molecule has 0 spiro atoms. The Hall–Kier alpha value is -2.04. The molecule has 1 heterocycles. The molecule has 1 N–H and O–H groups in total. The van der Waals surface area contributed by atoms with Crippen LogP contribution in [0.3, 0.4) is 0 Å². The Kier molecular flexibility index (Phi) is 6.31. The number of amides is 1. The van der Waals surface area contributed by atoms with E-state index in [4.69, 9.17) is 0 Å². The topological polar surface area (TPSA) is 29.1 Å². The zero-order valence-corrected chi connectivity index (χ0v) is 15.8. The van der Waals surface area contributed by atoms with E-state index in [0.717, 1.165) is 16.2 Å². The minimum absolute atomic E-state index is 0.00272. The highest BCUT2D eigenvalue weighted by atomic mass is 32.2. The lowest BCUT2D eigenvalue weighted by Crippen LogP contribution is -2.27. The molecule has 1 amide bonds. The minimum atomic E-state index is -0.00272. The van der Waals surface area contributed by atoms with Gasteiger partial charge in [0.25, 0.3) is 5.91 Å². The molecule has 3 rings (SSSR count). The van der Waals surface area contributed by atoms with E-state index in [1.807, 2.05) is 42.5 Å². The van der Waals surface area contributed by atoms with Crippen molar-refractivity contribution in [2.75, 3.05) is 6.54 Å². The maximum absolute atomic E-state index is 12.6. The van der Waals surface area contributed by atoms with Crippen LogP contribution in [0.5, 0.6) is 0 Å². The van der Waals surface area contributed by atoms with Crippen LogP contribution < -0.4 is 5.32 Å². The van der Waals surface area contributed by atoms with Gasteiger partial charge in [-0.15, -0.1) is 23.1 Å². The summed E-state index contributed by atoms with van der Waals surface area (Å²) < 4.78 is 0. The zero-order valence-electron chi connectivity index (χ0n) is 14.1. The number of hydrogen-bond donors (Lipinski definition) is 1. The first-order valence-corrected chi connectivity index (χ1v) is 10.2. The number of thioether (sulfide) groups is 1. The molecule has 0 fully saturated rings. The van der Waals surface area contributed by atoms with Crippen LogP contribution in [0.4, 0.5) is 0 Å². The van der Waals surface area contributed by atoms with E-state index in [0.29, 0.717) is 6.54 Å². The SMILES string of the molecule is CC(CNC(=O)c1ccccc1SCc1cccs1)c1ccccc1. The van der Waals surface area contributed by atoms with Crippen molar-refractivity contribution in [1.29, 1.82) is 0 Å². The van der Waals surface area contributed by atoms with Gasteiger partial charge in [-0.1, -0.05) is 55.5 Å². The number of carbonyl (C=O) groups excluding carboxylic acids is 1. The van der Waals surface area contributed by atoms with Gasteiger partial charge in [-0.05, 0) is 35.1 Å². The monoisotopic (exact) mass is 367 g/mol. The predicted octanol–water partition coefficient (Wildman–Crippen LogP) is 5.57. The highest BCUT2D eigenvalue weighted by molar-refractivity contribution is 7.98. The summed E-state index contributed by atoms with van der Waals surface area (Å²) in [7, 11) is 0. The Labute approximate surface area is 157 Å². The smallest absolute Gasteiger partial charge is 0.252 e. The van der Waals surface area contributed by atoms with E-state index in [1.165, 1.54) is 10.4 Å². The molecule has 1 atom stereocenters. The molecular formula is C21H21NOS2. The molecule has 0 bridgehead atoms. The number of nitrogens with one attached hydrogen (secondary N) is 1. The Morgan fingerprint density at radius 2 is 1.80 bits per heavy atom. The zero-order chi connectivity index (χ0) is 17.5. The lowest BCUT2D eigenvalue weighted by molar-refractivity contribution is 0.0948. The largest absolute Gasteiger partial charge is 0.351 e. The van der Waals surface area contributed by atoms with E-state index in [-0.39, 0.29) is 11.8 Å². The van der Waals surface area contributed by atoms with E-state index in [1.54, 1.807) is 23.1 Å². The van der Waals surface area contributed by atoms with Crippen molar-refractivity contribution in [2.45, 2.75) is 23.5 Å². The lowest BCUT2D eigenvalue weighted by atomic mass is 10.0. The highest BCUT2D eigenvalue weighted by Gasteiger charge is 2.13. The molecule has 0 aliphatic heterocycles. The third kappa shape index (κ3) is 4.97. The minimum Gasteiger partial charge on any atom is -0.351 e. The molecule has 3 aromatic rings. The van der Waals surface area contributed by atoms with Crippen LogP contribution in [-0.2, 0) is 5.75 Å². The molecule has 0 aliphatic carbocycles. The summed E-state index contributed by atoms with van der Waals surface area (Å²) in [5, 5.41) is 5.16. The van der Waals surface area contributed by atoms with Crippen molar-refractivity contribution in [3.63, 3.8) is 0 Å². The number of thiophene rings is 1. The van der Waals surface area contributed by atoms with E-state index < -0.39 is 0 Å². The summed E-state index contributed by atoms with van der Waals surface area (Å²) in [5.74, 6) is 1.18. The Bertz CT molecular complexity index is 800. The van der Waals surface area contributed by atoms with Gasteiger partial charge in [0.05, 0.1) is 5.56 Å². The normalized spacial score (nSPS) is 11.9. The molecule has 1 unspecified atom stereocenters. The molecule has 4 heteroatoms. The average Bonchev–Trinajstić information content (AvgIpc) is 3.18. The van der Waals surface area contributed by atoms with Crippen molar-refractivity contribution in [2.24, 2.45) is 0 Å².